The molecular formula is C33H48FN5O4S. The van der Waals surface area contributed by atoms with Crippen molar-refractivity contribution in [1.82, 2.24) is 19.8 Å². The SMILES string of the molecule is CCN(C(=O)c1cc(F)ccc1Oc1cncnc1N1CC2(CCN(CC3CCC(CS(=O)(=O)CC)CC3)CC2)C1)C(C)C. The highest BCUT2D eigenvalue weighted by Crippen LogP contribution is 2.45. The Bertz CT molecular complexity index is 1400. The summed E-state index contributed by atoms with van der Waals surface area (Å²) in [4.78, 5) is 28.5. The smallest absolute Gasteiger partial charge is 0.257 e. The van der Waals surface area contributed by atoms with E-state index in [2.05, 4.69) is 19.8 Å². The van der Waals surface area contributed by atoms with Crippen LogP contribution in [0.25, 0.3) is 0 Å². The highest BCUT2D eigenvalue weighted by atomic mass is 32.2. The van der Waals surface area contributed by atoms with Gasteiger partial charge in [0.15, 0.2) is 11.6 Å². The number of piperidine rings is 1. The van der Waals surface area contributed by atoms with Crippen LogP contribution in [0.1, 0.15) is 76.6 Å². The quantitative estimate of drug-likeness (QED) is 0.325. The lowest BCUT2D eigenvalue weighted by Crippen LogP contribution is -2.61. The number of hydrogen-bond donors (Lipinski definition) is 0. The van der Waals surface area contributed by atoms with Gasteiger partial charge in [-0.15, -0.1) is 0 Å². The van der Waals surface area contributed by atoms with E-state index < -0.39 is 15.7 Å². The molecule has 2 aromatic rings. The van der Waals surface area contributed by atoms with Gasteiger partial charge in [-0.2, -0.15) is 0 Å². The first kappa shape index (κ1) is 32.6. The molecule has 2 aliphatic heterocycles. The molecule has 0 unspecified atom stereocenters. The van der Waals surface area contributed by atoms with Crippen LogP contribution in [0.2, 0.25) is 0 Å². The minimum atomic E-state index is -2.89. The predicted octanol–water partition coefficient (Wildman–Crippen LogP) is 5.42. The van der Waals surface area contributed by atoms with Crippen molar-refractivity contribution in [2.45, 2.75) is 72.3 Å². The number of anilines is 1. The van der Waals surface area contributed by atoms with Crippen molar-refractivity contribution >= 4 is 21.6 Å². The summed E-state index contributed by atoms with van der Waals surface area (Å²) in [5.41, 5.74) is 0.433. The van der Waals surface area contributed by atoms with Gasteiger partial charge in [0.25, 0.3) is 5.91 Å². The Morgan fingerprint density at radius 3 is 2.41 bits per heavy atom. The summed E-state index contributed by atoms with van der Waals surface area (Å²) in [6, 6.07) is 4.01. The number of ether oxygens (including phenoxy) is 1. The van der Waals surface area contributed by atoms with E-state index in [9.17, 15) is 17.6 Å². The molecule has 44 heavy (non-hydrogen) atoms. The molecule has 1 spiro atoms. The van der Waals surface area contributed by atoms with Crippen molar-refractivity contribution < 1.29 is 22.3 Å². The average molecular weight is 630 g/mol. The molecule has 3 aliphatic rings. The number of likely N-dealkylation sites (tertiary alicyclic amines) is 1. The molecule has 2 saturated heterocycles. The summed E-state index contributed by atoms with van der Waals surface area (Å²) < 4.78 is 44.5. The maximum atomic E-state index is 14.2. The first-order valence-corrected chi connectivity index (χ1v) is 18.1. The van der Waals surface area contributed by atoms with E-state index in [1.165, 1.54) is 24.5 Å². The van der Waals surface area contributed by atoms with Gasteiger partial charge in [-0.05, 0) is 102 Å². The van der Waals surface area contributed by atoms with Crippen molar-refractivity contribution in [3.8, 4) is 11.5 Å². The van der Waals surface area contributed by atoms with Gasteiger partial charge in [-0.25, -0.2) is 22.8 Å². The third-order valence-electron chi connectivity index (χ3n) is 9.96. The molecule has 5 rings (SSSR count). The van der Waals surface area contributed by atoms with E-state index in [4.69, 9.17) is 4.74 Å². The topological polar surface area (TPSA) is 95.9 Å². The second-order valence-electron chi connectivity index (χ2n) is 13.4. The second kappa shape index (κ2) is 13.7. The number of amides is 1. The third kappa shape index (κ3) is 7.53. The summed E-state index contributed by atoms with van der Waals surface area (Å²) in [6.45, 7) is 13.1. The molecule has 0 radical (unpaired) electrons. The minimum Gasteiger partial charge on any atom is -0.451 e. The van der Waals surface area contributed by atoms with Crippen LogP contribution in [0, 0.1) is 23.1 Å². The van der Waals surface area contributed by atoms with Crippen LogP contribution < -0.4 is 9.64 Å². The van der Waals surface area contributed by atoms with Crippen molar-refractivity contribution in [3.05, 3.63) is 42.1 Å². The number of benzene rings is 1. The van der Waals surface area contributed by atoms with Gasteiger partial charge in [0.05, 0.1) is 17.5 Å². The summed E-state index contributed by atoms with van der Waals surface area (Å²) in [7, 11) is -2.89. The first-order chi connectivity index (χ1) is 21.0. The molecule has 242 valence electrons. The van der Waals surface area contributed by atoms with E-state index in [1.54, 1.807) is 18.0 Å². The minimum absolute atomic E-state index is 0.0327. The molecule has 9 nitrogen and oxygen atoms in total. The van der Waals surface area contributed by atoms with Gasteiger partial charge in [-0.3, -0.25) is 4.79 Å². The molecule has 1 aliphatic carbocycles. The lowest BCUT2D eigenvalue weighted by atomic mass is 9.71. The second-order valence-corrected chi connectivity index (χ2v) is 15.8. The fourth-order valence-electron chi connectivity index (χ4n) is 7.26. The number of nitrogens with zero attached hydrogens (tertiary/aromatic N) is 5. The number of halogens is 1. The van der Waals surface area contributed by atoms with E-state index in [0.717, 1.165) is 71.2 Å². The Morgan fingerprint density at radius 2 is 1.77 bits per heavy atom. The van der Waals surface area contributed by atoms with Gasteiger partial charge in [-0.1, -0.05) is 6.92 Å². The van der Waals surface area contributed by atoms with Crippen LogP contribution in [-0.2, 0) is 9.84 Å². The molecule has 1 aromatic carbocycles. The van der Waals surface area contributed by atoms with E-state index in [0.29, 0.717) is 35.7 Å². The third-order valence-corrected chi connectivity index (χ3v) is 11.8. The monoisotopic (exact) mass is 629 g/mol. The lowest BCUT2D eigenvalue weighted by Gasteiger charge is -2.54. The maximum Gasteiger partial charge on any atom is 0.257 e. The highest BCUT2D eigenvalue weighted by molar-refractivity contribution is 7.91. The van der Waals surface area contributed by atoms with Crippen molar-refractivity contribution in [3.63, 3.8) is 0 Å². The van der Waals surface area contributed by atoms with Gasteiger partial charge >= 0.3 is 0 Å². The molecule has 11 heteroatoms. The zero-order valence-corrected chi connectivity index (χ0v) is 27.5. The number of aromatic nitrogens is 2. The molecule has 1 amide bonds. The highest BCUT2D eigenvalue weighted by Gasteiger charge is 2.46. The maximum absolute atomic E-state index is 14.2. The van der Waals surface area contributed by atoms with Crippen LogP contribution in [-0.4, -0.2) is 90.9 Å². The summed E-state index contributed by atoms with van der Waals surface area (Å²) in [5.74, 6) is 2.27. The summed E-state index contributed by atoms with van der Waals surface area (Å²) in [6.07, 6.45) is 9.71. The standard InChI is InChI=1S/C33H48FN5O4S/c1-5-39(24(3)4)32(40)28-17-27(34)11-12-29(28)43-30-18-35-23-36-31(30)38-21-33(22-38)13-15-37(16-14-33)19-25-7-9-26(10-8-25)20-44(41,42)6-2/h11-12,17-18,23-26H,5-10,13-16,19-22H2,1-4H3. The molecular weight excluding hydrogens is 581 g/mol. The van der Waals surface area contributed by atoms with Crippen LogP contribution in [0.3, 0.4) is 0 Å². The van der Waals surface area contributed by atoms with E-state index in [-0.39, 0.29) is 34.4 Å². The van der Waals surface area contributed by atoms with Crippen LogP contribution in [0.4, 0.5) is 10.2 Å². The summed E-state index contributed by atoms with van der Waals surface area (Å²) >= 11 is 0. The molecule has 1 saturated carbocycles. The van der Waals surface area contributed by atoms with Crippen molar-refractivity contribution in [1.29, 1.82) is 0 Å². The Labute approximate surface area is 262 Å². The zero-order valence-electron chi connectivity index (χ0n) is 26.7. The van der Waals surface area contributed by atoms with Crippen LogP contribution >= 0.6 is 0 Å². The fraction of sp³-hybridized carbons (Fsp3) is 0.667. The molecule has 0 bridgehead atoms. The fourth-order valence-corrected chi connectivity index (χ4v) is 8.54. The Hall–Kier alpha value is -2.79. The van der Waals surface area contributed by atoms with Crippen LogP contribution in [0.5, 0.6) is 11.5 Å². The van der Waals surface area contributed by atoms with Gasteiger partial charge in [0.1, 0.15) is 27.7 Å². The van der Waals surface area contributed by atoms with Gasteiger partial charge < -0.3 is 19.4 Å². The number of hydrogen-bond acceptors (Lipinski definition) is 8. The van der Waals surface area contributed by atoms with Crippen molar-refractivity contribution in [2.24, 2.45) is 17.3 Å². The molecule has 0 N–H and O–H groups in total. The van der Waals surface area contributed by atoms with E-state index >= 15 is 0 Å². The molecule has 3 heterocycles. The number of carbonyl (C=O) groups is 1. The Balaban J connectivity index is 1.16. The molecule has 3 fully saturated rings. The van der Waals surface area contributed by atoms with Crippen LogP contribution in [0.15, 0.2) is 30.7 Å². The Kier molecular flexibility index (Phi) is 10.1. The average Bonchev–Trinajstić information content (AvgIpc) is 2.99. The lowest BCUT2D eigenvalue weighted by molar-refractivity contribution is 0.0609. The summed E-state index contributed by atoms with van der Waals surface area (Å²) in [5, 5.41) is 0. The zero-order chi connectivity index (χ0) is 31.5. The molecule has 1 aromatic heterocycles. The number of carbonyl (C=O) groups excluding carboxylic acids is 1. The van der Waals surface area contributed by atoms with E-state index in [1.807, 2.05) is 20.8 Å². The Morgan fingerprint density at radius 1 is 1.09 bits per heavy atom. The predicted molar refractivity (Wildman–Crippen MR) is 170 cm³/mol. The first-order valence-electron chi connectivity index (χ1n) is 16.3. The van der Waals surface area contributed by atoms with Gasteiger partial charge in [0, 0.05) is 43.4 Å². The number of rotatable bonds is 11. The van der Waals surface area contributed by atoms with Crippen molar-refractivity contribution in [2.75, 3.05) is 55.7 Å². The molecule has 0 atom stereocenters. The largest absolute Gasteiger partial charge is 0.451 e. The number of sulfone groups is 1. The van der Waals surface area contributed by atoms with Gasteiger partial charge in [0.2, 0.25) is 0 Å². The normalized spacial score (nSPS) is 22.2.